The van der Waals surface area contributed by atoms with E-state index in [1.165, 1.54) is 12.8 Å². The molecule has 0 saturated carbocycles. The number of hydrogen-bond acceptors (Lipinski definition) is 4. The number of nitrogens with zero attached hydrogens (tertiary/aromatic N) is 1. The second-order valence-corrected chi connectivity index (χ2v) is 6.45. The Morgan fingerprint density at radius 2 is 1.77 bits per heavy atom. The number of nitrogens with one attached hydrogen (secondary N) is 2. The van der Waals surface area contributed by atoms with Crippen LogP contribution in [-0.4, -0.2) is 48.9 Å². The molecule has 1 unspecified atom stereocenters. The van der Waals surface area contributed by atoms with E-state index < -0.39 is 0 Å². The monoisotopic (exact) mass is 404 g/mol. The van der Waals surface area contributed by atoms with E-state index >= 15 is 0 Å². The molecule has 1 aliphatic heterocycles. The molecule has 148 valence electrons. The minimum absolute atomic E-state index is 0. The van der Waals surface area contributed by atoms with Crippen molar-refractivity contribution in [3.05, 3.63) is 29.8 Å². The van der Waals surface area contributed by atoms with Gasteiger partial charge in [0, 0.05) is 36.8 Å². The Morgan fingerprint density at radius 1 is 1.15 bits per heavy atom. The lowest BCUT2D eigenvalue weighted by molar-refractivity contribution is -0.116. The van der Waals surface area contributed by atoms with Crippen molar-refractivity contribution < 1.29 is 9.59 Å². The smallest absolute Gasteiger partial charge is 0.251 e. The Balaban J connectivity index is 0.00000312. The second kappa shape index (κ2) is 12.9. The summed E-state index contributed by atoms with van der Waals surface area (Å²) in [7, 11) is 0. The number of amides is 2. The highest BCUT2D eigenvalue weighted by molar-refractivity contribution is 5.95. The number of carbonyl (C=O) groups excluding carboxylic acids is 2. The first-order valence-electron chi connectivity index (χ1n) is 8.70. The van der Waals surface area contributed by atoms with Gasteiger partial charge in [0.2, 0.25) is 5.91 Å². The number of halogens is 2. The SMILES string of the molecule is CC(N)CCC(=O)Nc1ccc(C(=O)NCCN2CCCC2)cc1.Cl.Cl. The quantitative estimate of drug-likeness (QED) is 0.620. The third-order valence-corrected chi connectivity index (χ3v) is 4.17. The Morgan fingerprint density at radius 3 is 2.35 bits per heavy atom. The molecule has 0 aromatic heterocycles. The summed E-state index contributed by atoms with van der Waals surface area (Å²) in [6.07, 6.45) is 3.57. The third-order valence-electron chi connectivity index (χ3n) is 4.17. The molecule has 1 atom stereocenters. The number of hydrogen-bond donors (Lipinski definition) is 3. The van der Waals surface area contributed by atoms with E-state index in [1.54, 1.807) is 24.3 Å². The van der Waals surface area contributed by atoms with Crippen molar-refractivity contribution in [1.82, 2.24) is 10.2 Å². The molecule has 1 aromatic rings. The topological polar surface area (TPSA) is 87.5 Å². The minimum Gasteiger partial charge on any atom is -0.351 e. The molecule has 26 heavy (non-hydrogen) atoms. The summed E-state index contributed by atoms with van der Waals surface area (Å²) in [6, 6.07) is 6.97. The van der Waals surface area contributed by atoms with Crippen LogP contribution in [-0.2, 0) is 4.79 Å². The molecule has 1 heterocycles. The lowest BCUT2D eigenvalue weighted by atomic mass is 10.1. The molecular weight excluding hydrogens is 375 g/mol. The van der Waals surface area contributed by atoms with Crippen LogP contribution >= 0.6 is 24.8 Å². The van der Waals surface area contributed by atoms with Crippen molar-refractivity contribution in [3.8, 4) is 0 Å². The van der Waals surface area contributed by atoms with Crippen LogP contribution in [0.15, 0.2) is 24.3 Å². The molecule has 1 fully saturated rings. The first-order chi connectivity index (χ1) is 11.5. The largest absolute Gasteiger partial charge is 0.351 e. The number of carbonyl (C=O) groups is 2. The molecule has 2 rings (SSSR count). The van der Waals surface area contributed by atoms with E-state index in [2.05, 4.69) is 15.5 Å². The maximum Gasteiger partial charge on any atom is 0.251 e. The minimum atomic E-state index is -0.0796. The highest BCUT2D eigenvalue weighted by atomic mass is 35.5. The van der Waals surface area contributed by atoms with Crippen LogP contribution < -0.4 is 16.4 Å². The average molecular weight is 405 g/mol. The second-order valence-electron chi connectivity index (χ2n) is 6.45. The molecule has 6 nitrogen and oxygen atoms in total. The van der Waals surface area contributed by atoms with E-state index in [1.807, 2.05) is 6.92 Å². The standard InChI is InChI=1S/C18H28N4O2.2ClH/c1-14(19)4-9-17(23)21-16-7-5-15(6-8-16)18(24)20-10-13-22-11-2-3-12-22;;/h5-8,14H,2-4,9-13,19H2,1H3,(H,20,24)(H,21,23);2*1H. The Hall–Kier alpha value is -1.34. The first kappa shape index (κ1) is 24.7. The molecule has 0 bridgehead atoms. The lowest BCUT2D eigenvalue weighted by Gasteiger charge is -2.14. The van der Waals surface area contributed by atoms with Gasteiger partial charge in [-0.25, -0.2) is 0 Å². The zero-order valence-electron chi connectivity index (χ0n) is 15.2. The Labute approximate surface area is 168 Å². The fourth-order valence-electron chi connectivity index (χ4n) is 2.72. The van der Waals surface area contributed by atoms with Crippen LogP contribution in [0.25, 0.3) is 0 Å². The van der Waals surface area contributed by atoms with E-state index in [9.17, 15) is 9.59 Å². The van der Waals surface area contributed by atoms with Crippen molar-refractivity contribution >= 4 is 42.3 Å². The predicted octanol–water partition coefficient (Wildman–Crippen LogP) is 2.42. The highest BCUT2D eigenvalue weighted by Gasteiger charge is 2.12. The van der Waals surface area contributed by atoms with Crippen molar-refractivity contribution in [2.45, 2.75) is 38.6 Å². The van der Waals surface area contributed by atoms with Gasteiger partial charge in [0.25, 0.3) is 5.91 Å². The summed E-state index contributed by atoms with van der Waals surface area (Å²) < 4.78 is 0. The van der Waals surface area contributed by atoms with Crippen LogP contribution in [0.4, 0.5) is 5.69 Å². The molecule has 0 aliphatic carbocycles. The average Bonchev–Trinajstić information content (AvgIpc) is 3.07. The lowest BCUT2D eigenvalue weighted by Crippen LogP contribution is -2.33. The number of anilines is 1. The molecule has 1 aliphatic rings. The Bertz CT molecular complexity index is 547. The summed E-state index contributed by atoms with van der Waals surface area (Å²) in [5, 5.41) is 5.75. The van der Waals surface area contributed by atoms with Gasteiger partial charge in [0.15, 0.2) is 0 Å². The van der Waals surface area contributed by atoms with Gasteiger partial charge in [-0.3, -0.25) is 9.59 Å². The number of nitrogens with two attached hydrogens (primary N) is 1. The summed E-state index contributed by atoms with van der Waals surface area (Å²) in [5.41, 5.74) is 6.93. The van der Waals surface area contributed by atoms with Crippen molar-refractivity contribution in [3.63, 3.8) is 0 Å². The van der Waals surface area contributed by atoms with E-state index in [-0.39, 0.29) is 42.7 Å². The van der Waals surface area contributed by atoms with Gasteiger partial charge < -0.3 is 21.3 Å². The van der Waals surface area contributed by atoms with Crippen molar-refractivity contribution in [2.75, 3.05) is 31.5 Å². The molecule has 0 spiro atoms. The van der Waals surface area contributed by atoms with Gasteiger partial charge in [-0.1, -0.05) is 0 Å². The zero-order valence-corrected chi connectivity index (χ0v) is 16.8. The molecule has 0 radical (unpaired) electrons. The summed E-state index contributed by atoms with van der Waals surface area (Å²) in [5.74, 6) is -0.140. The summed E-state index contributed by atoms with van der Waals surface area (Å²) >= 11 is 0. The van der Waals surface area contributed by atoms with Crippen LogP contribution in [0.2, 0.25) is 0 Å². The van der Waals surface area contributed by atoms with Crippen LogP contribution in [0.5, 0.6) is 0 Å². The van der Waals surface area contributed by atoms with Crippen molar-refractivity contribution in [2.24, 2.45) is 5.73 Å². The fourth-order valence-corrected chi connectivity index (χ4v) is 2.72. The van der Waals surface area contributed by atoms with E-state index in [0.29, 0.717) is 30.6 Å². The summed E-state index contributed by atoms with van der Waals surface area (Å²) in [4.78, 5) is 26.2. The maximum atomic E-state index is 12.1. The number of likely N-dealkylation sites (tertiary alicyclic amines) is 1. The zero-order chi connectivity index (χ0) is 17.4. The molecule has 4 N–H and O–H groups in total. The van der Waals surface area contributed by atoms with Gasteiger partial charge in [-0.05, 0) is 63.5 Å². The van der Waals surface area contributed by atoms with Crippen LogP contribution in [0.3, 0.4) is 0 Å². The fraction of sp³-hybridized carbons (Fsp3) is 0.556. The molecular formula is C18H30Cl2N4O2. The molecule has 1 aromatic carbocycles. The van der Waals surface area contributed by atoms with Gasteiger partial charge in [0.05, 0.1) is 0 Å². The van der Waals surface area contributed by atoms with Gasteiger partial charge in [0.1, 0.15) is 0 Å². The Kier molecular flexibility index (Phi) is 12.3. The number of rotatable bonds is 8. The van der Waals surface area contributed by atoms with Gasteiger partial charge >= 0.3 is 0 Å². The van der Waals surface area contributed by atoms with Crippen LogP contribution in [0.1, 0.15) is 43.0 Å². The summed E-state index contributed by atoms with van der Waals surface area (Å²) in [6.45, 7) is 5.71. The maximum absolute atomic E-state index is 12.1. The van der Waals surface area contributed by atoms with E-state index in [4.69, 9.17) is 5.73 Å². The highest BCUT2D eigenvalue weighted by Crippen LogP contribution is 2.11. The van der Waals surface area contributed by atoms with Gasteiger partial charge in [-0.2, -0.15) is 0 Å². The predicted molar refractivity (Wildman–Crippen MR) is 110 cm³/mol. The third kappa shape index (κ3) is 8.85. The molecule has 2 amide bonds. The molecule has 8 heteroatoms. The molecule has 1 saturated heterocycles. The first-order valence-corrected chi connectivity index (χ1v) is 8.70. The van der Waals surface area contributed by atoms with Gasteiger partial charge in [-0.15, -0.1) is 24.8 Å². The van der Waals surface area contributed by atoms with Crippen molar-refractivity contribution in [1.29, 1.82) is 0 Å². The normalized spacial score (nSPS) is 14.7. The van der Waals surface area contributed by atoms with E-state index in [0.717, 1.165) is 19.6 Å². The van der Waals surface area contributed by atoms with Crippen LogP contribution in [0, 0.1) is 0 Å². The number of benzene rings is 1.